The molecule has 2 aromatic rings. The van der Waals surface area contributed by atoms with Gasteiger partial charge in [0, 0.05) is 54.4 Å². The van der Waals surface area contributed by atoms with Gasteiger partial charge in [-0.15, -0.1) is 0 Å². The summed E-state index contributed by atoms with van der Waals surface area (Å²) in [7, 11) is 0. The summed E-state index contributed by atoms with van der Waals surface area (Å²) in [5.74, 6) is -0.343. The van der Waals surface area contributed by atoms with E-state index in [0.717, 1.165) is 56.8 Å². The maximum absolute atomic E-state index is 12.9. The Kier molecular flexibility index (Phi) is 7.40. The number of amides is 3. The minimum atomic E-state index is -0.220. The maximum atomic E-state index is 12.9. The second-order valence-electron chi connectivity index (χ2n) is 9.22. The predicted molar refractivity (Wildman–Crippen MR) is 138 cm³/mol. The topological polar surface area (TPSA) is 97.5 Å². The molecule has 3 heterocycles. The van der Waals surface area contributed by atoms with E-state index in [1.165, 1.54) is 0 Å². The van der Waals surface area contributed by atoms with Gasteiger partial charge in [-0.3, -0.25) is 14.4 Å². The minimum absolute atomic E-state index is 0.000401. The number of rotatable bonds is 8. The molecule has 0 radical (unpaired) electrons. The number of likely N-dealkylation sites (N-methyl/N-ethyl adjacent to an activating group) is 1. The van der Waals surface area contributed by atoms with Gasteiger partial charge in [0.1, 0.15) is 0 Å². The van der Waals surface area contributed by atoms with Crippen LogP contribution in [-0.2, 0) is 4.79 Å². The maximum Gasteiger partial charge on any atom is 0.256 e. The van der Waals surface area contributed by atoms with E-state index < -0.39 is 0 Å². The molecule has 8 nitrogen and oxygen atoms in total. The fourth-order valence-electron chi connectivity index (χ4n) is 4.93. The molecule has 1 aromatic carbocycles. The molecule has 8 heteroatoms. The van der Waals surface area contributed by atoms with E-state index in [1.54, 1.807) is 24.3 Å². The van der Waals surface area contributed by atoms with E-state index in [4.69, 9.17) is 0 Å². The molecule has 0 bridgehead atoms. The van der Waals surface area contributed by atoms with Gasteiger partial charge < -0.3 is 25.4 Å². The zero-order valence-corrected chi connectivity index (χ0v) is 21.1. The summed E-state index contributed by atoms with van der Waals surface area (Å²) in [5, 5.41) is 5.90. The molecule has 1 saturated heterocycles. The lowest BCUT2D eigenvalue weighted by molar-refractivity contribution is -0.110. The van der Waals surface area contributed by atoms with Crippen LogP contribution < -0.4 is 10.6 Å². The van der Waals surface area contributed by atoms with E-state index in [1.807, 2.05) is 18.7 Å². The molecule has 2 aliphatic rings. The summed E-state index contributed by atoms with van der Waals surface area (Å²) >= 11 is 0. The minimum Gasteiger partial charge on any atom is -0.358 e. The summed E-state index contributed by atoms with van der Waals surface area (Å²) in [6, 6.07) is 5.36. The highest BCUT2D eigenvalue weighted by Crippen LogP contribution is 2.35. The monoisotopic (exact) mass is 477 g/mol. The fraction of sp³-hybridized carbons (Fsp3) is 0.444. The van der Waals surface area contributed by atoms with Crippen molar-refractivity contribution in [1.82, 2.24) is 20.1 Å². The van der Waals surface area contributed by atoms with Crippen molar-refractivity contribution in [3.8, 4) is 0 Å². The first-order valence-corrected chi connectivity index (χ1v) is 12.5. The zero-order chi connectivity index (χ0) is 25.1. The Labute approximate surface area is 206 Å². The number of anilines is 1. The summed E-state index contributed by atoms with van der Waals surface area (Å²) in [4.78, 5) is 46.0. The van der Waals surface area contributed by atoms with Crippen LogP contribution in [-0.4, -0.2) is 71.8 Å². The van der Waals surface area contributed by atoms with Gasteiger partial charge in [-0.05, 0) is 69.6 Å². The van der Waals surface area contributed by atoms with Gasteiger partial charge in [-0.2, -0.15) is 0 Å². The second kappa shape index (κ2) is 10.5. The number of hydrogen-bond acceptors (Lipinski definition) is 4. The van der Waals surface area contributed by atoms with Crippen LogP contribution in [0.1, 0.15) is 69.9 Å². The number of benzene rings is 1. The molecule has 4 rings (SSSR count). The number of aryl methyl sites for hydroxylation is 1. The second-order valence-corrected chi connectivity index (χ2v) is 9.22. The quantitative estimate of drug-likeness (QED) is 0.508. The van der Waals surface area contributed by atoms with Crippen molar-refractivity contribution in [2.75, 3.05) is 44.6 Å². The molecular formula is C27H35N5O3. The van der Waals surface area contributed by atoms with E-state index in [0.29, 0.717) is 40.2 Å². The van der Waals surface area contributed by atoms with Crippen LogP contribution in [0.15, 0.2) is 18.2 Å². The number of likely N-dealkylation sites (tertiary alicyclic amines) is 1. The molecule has 3 N–H and O–H groups in total. The average Bonchev–Trinajstić information content (AvgIpc) is 3.55. The Bertz CT molecular complexity index is 1170. The lowest BCUT2D eigenvalue weighted by Crippen LogP contribution is -2.35. The number of carbonyl (C=O) groups is 3. The fourth-order valence-corrected chi connectivity index (χ4v) is 4.93. The van der Waals surface area contributed by atoms with Gasteiger partial charge in [0.25, 0.3) is 17.7 Å². The van der Waals surface area contributed by atoms with Crippen LogP contribution in [0, 0.1) is 13.8 Å². The molecule has 0 atom stereocenters. The molecule has 186 valence electrons. The molecule has 0 saturated carbocycles. The summed E-state index contributed by atoms with van der Waals surface area (Å²) < 4.78 is 0. The van der Waals surface area contributed by atoms with Crippen molar-refractivity contribution in [3.05, 3.63) is 51.8 Å². The zero-order valence-electron chi connectivity index (χ0n) is 21.1. The normalized spacial score (nSPS) is 16.2. The highest BCUT2D eigenvalue weighted by molar-refractivity contribution is 6.35. The van der Waals surface area contributed by atoms with E-state index in [9.17, 15) is 14.4 Å². The van der Waals surface area contributed by atoms with E-state index >= 15 is 0 Å². The van der Waals surface area contributed by atoms with Crippen LogP contribution in [0.4, 0.5) is 5.69 Å². The van der Waals surface area contributed by atoms with Crippen molar-refractivity contribution >= 4 is 35.1 Å². The number of carbonyl (C=O) groups excluding carboxylic acids is 3. The van der Waals surface area contributed by atoms with Gasteiger partial charge >= 0.3 is 0 Å². The number of hydrogen-bond donors (Lipinski definition) is 3. The molecule has 35 heavy (non-hydrogen) atoms. The first-order valence-electron chi connectivity index (χ1n) is 12.5. The molecule has 1 aromatic heterocycles. The number of aromatic nitrogens is 1. The lowest BCUT2D eigenvalue weighted by Gasteiger charge is -2.18. The van der Waals surface area contributed by atoms with Crippen molar-refractivity contribution in [2.45, 2.75) is 40.5 Å². The summed E-state index contributed by atoms with van der Waals surface area (Å²) in [6.07, 6.45) is 3.83. The van der Waals surface area contributed by atoms with Gasteiger partial charge in [-0.25, -0.2) is 0 Å². The first-order chi connectivity index (χ1) is 16.8. The molecule has 0 unspecified atom stereocenters. The number of nitrogens with one attached hydrogen (secondary N) is 3. The highest BCUT2D eigenvalue weighted by atomic mass is 16.2. The molecule has 3 amide bonds. The molecular weight excluding hydrogens is 442 g/mol. The number of fused-ring (bicyclic) bond motifs is 1. The van der Waals surface area contributed by atoms with Crippen LogP contribution >= 0.6 is 0 Å². The van der Waals surface area contributed by atoms with Crippen LogP contribution in [0.5, 0.6) is 0 Å². The Balaban J connectivity index is 1.57. The van der Waals surface area contributed by atoms with Crippen LogP contribution in [0.25, 0.3) is 11.6 Å². The first kappa shape index (κ1) is 24.7. The Hall–Kier alpha value is -3.39. The largest absolute Gasteiger partial charge is 0.358 e. The van der Waals surface area contributed by atoms with Crippen molar-refractivity contribution in [3.63, 3.8) is 0 Å². The number of aromatic amines is 1. The molecule has 0 spiro atoms. The summed E-state index contributed by atoms with van der Waals surface area (Å²) in [5.41, 5.74) is 5.33. The van der Waals surface area contributed by atoms with Crippen LogP contribution in [0.3, 0.4) is 0 Å². The van der Waals surface area contributed by atoms with Gasteiger partial charge in [-0.1, -0.05) is 13.8 Å². The highest BCUT2D eigenvalue weighted by Gasteiger charge is 2.28. The molecule has 2 aliphatic heterocycles. The Morgan fingerprint density at radius 3 is 2.54 bits per heavy atom. The molecule has 1 fully saturated rings. The van der Waals surface area contributed by atoms with Crippen LogP contribution in [0.2, 0.25) is 0 Å². The Morgan fingerprint density at radius 1 is 1.14 bits per heavy atom. The SMILES string of the molecule is CCN(CC)CCNC(=O)c1c(C)[nH]c(/C=C2\C(=O)Nc3ccc(C(=O)N4CCCC4)cc32)c1C. The van der Waals surface area contributed by atoms with Gasteiger partial charge in [0.05, 0.1) is 11.1 Å². The predicted octanol–water partition coefficient (Wildman–Crippen LogP) is 3.43. The lowest BCUT2D eigenvalue weighted by atomic mass is 10.0. The van der Waals surface area contributed by atoms with E-state index in [-0.39, 0.29) is 17.7 Å². The Morgan fingerprint density at radius 2 is 1.86 bits per heavy atom. The number of H-pyrrole nitrogens is 1. The summed E-state index contributed by atoms with van der Waals surface area (Å²) in [6.45, 7) is 12.8. The third-order valence-electron chi connectivity index (χ3n) is 7.04. The van der Waals surface area contributed by atoms with Crippen molar-refractivity contribution in [2.24, 2.45) is 0 Å². The average molecular weight is 478 g/mol. The van der Waals surface area contributed by atoms with E-state index in [2.05, 4.69) is 34.4 Å². The van der Waals surface area contributed by atoms with Gasteiger partial charge in [0.2, 0.25) is 0 Å². The smallest absolute Gasteiger partial charge is 0.256 e. The van der Waals surface area contributed by atoms with Gasteiger partial charge in [0.15, 0.2) is 0 Å². The third-order valence-corrected chi connectivity index (χ3v) is 7.04. The third kappa shape index (κ3) is 5.03. The standard InChI is InChI=1S/C27H35N5O3/c1-5-31(6-2)14-11-28-26(34)24-17(3)23(29-18(24)4)16-21-20-15-19(9-10-22(20)30-25(21)33)27(35)32-12-7-8-13-32/h9-10,15-16,29H,5-8,11-14H2,1-4H3,(H,28,34)(H,30,33)/b21-16-. The molecule has 0 aliphatic carbocycles. The van der Waals surface area contributed by atoms with Crippen molar-refractivity contribution in [1.29, 1.82) is 0 Å². The van der Waals surface area contributed by atoms with Crippen molar-refractivity contribution < 1.29 is 14.4 Å². The number of nitrogens with zero attached hydrogens (tertiary/aromatic N) is 2.